The molecule has 3 nitrogen and oxygen atoms in total. The number of nitrogens with one attached hydrogen (secondary N) is 2. The van der Waals surface area contributed by atoms with Crippen LogP contribution < -0.4 is 22.6 Å². The Morgan fingerprint density at radius 2 is 2.08 bits per heavy atom. The van der Waals surface area contributed by atoms with Gasteiger partial charge in [-0.25, -0.2) is 0 Å². The lowest BCUT2D eigenvalue weighted by Gasteiger charge is -2.07. The molecule has 0 aromatic heterocycles. The summed E-state index contributed by atoms with van der Waals surface area (Å²) >= 11 is 1.33. The van der Waals surface area contributed by atoms with Crippen molar-refractivity contribution < 1.29 is 22.1 Å². The van der Waals surface area contributed by atoms with Gasteiger partial charge < -0.3 is 22.6 Å². The predicted octanol–water partition coefficient (Wildman–Crippen LogP) is -3.01. The third-order valence-corrected chi connectivity index (χ3v) is 2.09. The molecule has 0 rings (SSSR count). The summed E-state index contributed by atoms with van der Waals surface area (Å²) < 4.78 is 0. The van der Waals surface area contributed by atoms with Gasteiger partial charge in [0.25, 0.3) is 5.24 Å². The number of carbonyl (C=O) groups is 1. The topological polar surface area (TPSA) is 33.5 Å². The van der Waals surface area contributed by atoms with Gasteiger partial charge >= 0.3 is 0 Å². The number of halogens is 1. The molecular weight excluding hydrogens is 208 g/mol. The van der Waals surface area contributed by atoms with Crippen molar-refractivity contribution in [1.82, 2.24) is 5.32 Å². The highest BCUT2D eigenvalue weighted by Crippen LogP contribution is 1.98. The molecule has 0 aliphatic carbocycles. The Morgan fingerprint density at radius 1 is 1.46 bits per heavy atom. The summed E-state index contributed by atoms with van der Waals surface area (Å²) in [5.41, 5.74) is 0. The Balaban J connectivity index is 0. The first-order valence-electron chi connectivity index (χ1n) is 4.36. The SMILES string of the molecule is CCSC(=O)NCCC[NH+](C)C.[Cl-]. The van der Waals surface area contributed by atoms with Crippen LogP contribution in [0.15, 0.2) is 0 Å². The highest BCUT2D eigenvalue weighted by atomic mass is 35.5. The molecule has 0 bridgehead atoms. The fourth-order valence-electron chi connectivity index (χ4n) is 0.815. The zero-order chi connectivity index (χ0) is 9.40. The van der Waals surface area contributed by atoms with Crippen molar-refractivity contribution >= 4 is 17.0 Å². The Morgan fingerprint density at radius 3 is 2.54 bits per heavy atom. The minimum Gasteiger partial charge on any atom is -1.00 e. The molecule has 13 heavy (non-hydrogen) atoms. The lowest BCUT2D eigenvalue weighted by molar-refractivity contribution is -0.858. The number of rotatable bonds is 5. The summed E-state index contributed by atoms with van der Waals surface area (Å²) in [6.45, 7) is 3.89. The van der Waals surface area contributed by atoms with E-state index < -0.39 is 0 Å². The first kappa shape index (κ1) is 15.5. The van der Waals surface area contributed by atoms with Gasteiger partial charge in [-0.2, -0.15) is 0 Å². The molecule has 0 saturated heterocycles. The van der Waals surface area contributed by atoms with Gasteiger partial charge in [0.15, 0.2) is 0 Å². The summed E-state index contributed by atoms with van der Waals surface area (Å²) in [4.78, 5) is 12.4. The highest BCUT2D eigenvalue weighted by Gasteiger charge is 1.98. The maximum Gasteiger partial charge on any atom is 0.279 e. The molecular formula is C8H19ClN2OS. The number of thioether (sulfide) groups is 1. The zero-order valence-corrected chi connectivity index (χ0v) is 10.1. The molecule has 0 radical (unpaired) electrons. The maximum atomic E-state index is 10.9. The molecule has 0 aliphatic rings. The van der Waals surface area contributed by atoms with Crippen LogP contribution in [0.2, 0.25) is 0 Å². The smallest absolute Gasteiger partial charge is 0.279 e. The third kappa shape index (κ3) is 12.1. The van der Waals surface area contributed by atoms with E-state index in [0.717, 1.165) is 25.3 Å². The first-order chi connectivity index (χ1) is 5.66. The molecule has 80 valence electrons. The van der Waals surface area contributed by atoms with Gasteiger partial charge in [-0.1, -0.05) is 18.7 Å². The molecule has 0 unspecified atom stereocenters. The molecule has 0 atom stereocenters. The van der Waals surface area contributed by atoms with Gasteiger partial charge in [0.1, 0.15) is 0 Å². The summed E-state index contributed by atoms with van der Waals surface area (Å²) in [5, 5.41) is 2.95. The summed E-state index contributed by atoms with van der Waals surface area (Å²) in [5.74, 6) is 0.852. The van der Waals surface area contributed by atoms with Gasteiger partial charge in [-0.05, 0) is 5.75 Å². The number of hydrogen-bond acceptors (Lipinski definition) is 2. The fourth-order valence-corrected chi connectivity index (χ4v) is 1.28. The van der Waals surface area contributed by atoms with Crippen LogP contribution in [-0.4, -0.2) is 38.2 Å². The molecule has 0 spiro atoms. The molecule has 0 fully saturated rings. The van der Waals surface area contributed by atoms with E-state index in [4.69, 9.17) is 0 Å². The molecule has 0 aromatic rings. The van der Waals surface area contributed by atoms with E-state index in [1.165, 1.54) is 16.7 Å². The molecule has 0 aromatic carbocycles. The number of carbonyl (C=O) groups excluding carboxylic acids is 1. The second-order valence-corrected chi connectivity index (χ2v) is 4.19. The van der Waals surface area contributed by atoms with Crippen LogP contribution in [0.1, 0.15) is 13.3 Å². The fraction of sp³-hybridized carbons (Fsp3) is 0.875. The monoisotopic (exact) mass is 226 g/mol. The van der Waals surface area contributed by atoms with E-state index in [1.54, 1.807) is 0 Å². The van der Waals surface area contributed by atoms with E-state index in [1.807, 2.05) is 6.92 Å². The molecule has 0 heterocycles. The molecule has 5 heteroatoms. The first-order valence-corrected chi connectivity index (χ1v) is 5.35. The van der Waals surface area contributed by atoms with Crippen molar-refractivity contribution in [2.24, 2.45) is 0 Å². The van der Waals surface area contributed by atoms with Gasteiger partial charge in [0.2, 0.25) is 0 Å². The predicted molar refractivity (Wildman–Crippen MR) is 53.8 cm³/mol. The van der Waals surface area contributed by atoms with E-state index >= 15 is 0 Å². The molecule has 0 saturated carbocycles. The minimum atomic E-state index is 0. The number of hydrogen-bond donors (Lipinski definition) is 2. The molecule has 0 aliphatic heterocycles. The van der Waals surface area contributed by atoms with Crippen LogP contribution >= 0.6 is 11.8 Å². The number of amides is 1. The van der Waals surface area contributed by atoms with Gasteiger partial charge in [-0.15, -0.1) is 0 Å². The van der Waals surface area contributed by atoms with Crippen LogP contribution in [0.4, 0.5) is 4.79 Å². The van der Waals surface area contributed by atoms with Crippen molar-refractivity contribution in [2.45, 2.75) is 13.3 Å². The van der Waals surface area contributed by atoms with Crippen LogP contribution in [0.5, 0.6) is 0 Å². The summed E-state index contributed by atoms with van der Waals surface area (Å²) in [6.07, 6.45) is 1.05. The Hall–Kier alpha value is 0.0700. The zero-order valence-electron chi connectivity index (χ0n) is 8.52. The van der Waals surface area contributed by atoms with Gasteiger partial charge in [-0.3, -0.25) is 4.79 Å². The summed E-state index contributed by atoms with van der Waals surface area (Å²) in [7, 11) is 4.23. The van der Waals surface area contributed by atoms with Crippen molar-refractivity contribution in [3.8, 4) is 0 Å². The molecule has 2 N–H and O–H groups in total. The highest BCUT2D eigenvalue weighted by molar-refractivity contribution is 8.13. The Kier molecular flexibility index (Phi) is 12.1. The van der Waals surface area contributed by atoms with Crippen molar-refractivity contribution in [3.05, 3.63) is 0 Å². The largest absolute Gasteiger partial charge is 1.00 e. The molecule has 1 amide bonds. The van der Waals surface area contributed by atoms with E-state index in [9.17, 15) is 4.79 Å². The number of quaternary nitrogens is 1. The lowest BCUT2D eigenvalue weighted by Crippen LogP contribution is -3.05. The van der Waals surface area contributed by atoms with Crippen molar-refractivity contribution in [1.29, 1.82) is 0 Å². The van der Waals surface area contributed by atoms with Crippen molar-refractivity contribution in [2.75, 3.05) is 32.9 Å². The van der Waals surface area contributed by atoms with E-state index in [-0.39, 0.29) is 17.6 Å². The van der Waals surface area contributed by atoms with E-state index in [2.05, 4.69) is 19.4 Å². The van der Waals surface area contributed by atoms with Crippen LogP contribution in [-0.2, 0) is 0 Å². The van der Waals surface area contributed by atoms with Crippen LogP contribution in [0.3, 0.4) is 0 Å². The second-order valence-electron chi connectivity index (χ2n) is 2.96. The van der Waals surface area contributed by atoms with Crippen LogP contribution in [0, 0.1) is 0 Å². The lowest BCUT2D eigenvalue weighted by atomic mass is 10.4. The quantitative estimate of drug-likeness (QED) is 0.490. The second kappa shape index (κ2) is 10.2. The van der Waals surface area contributed by atoms with E-state index in [0.29, 0.717) is 0 Å². The maximum absolute atomic E-state index is 10.9. The standard InChI is InChI=1S/C8H18N2OS.ClH/c1-4-12-8(11)9-6-5-7-10(2)3;/h4-7H2,1-3H3,(H,9,11);1H. The summed E-state index contributed by atoms with van der Waals surface area (Å²) in [6, 6.07) is 0. The average molecular weight is 227 g/mol. The van der Waals surface area contributed by atoms with Gasteiger partial charge in [0.05, 0.1) is 20.6 Å². The third-order valence-electron chi connectivity index (χ3n) is 1.40. The van der Waals surface area contributed by atoms with Crippen LogP contribution in [0.25, 0.3) is 0 Å². The average Bonchev–Trinajstić information content (AvgIpc) is 1.98. The Bertz CT molecular complexity index is 133. The minimum absolute atomic E-state index is 0. The normalized spacial score (nSPS) is 9.54. The van der Waals surface area contributed by atoms with Crippen molar-refractivity contribution in [3.63, 3.8) is 0 Å². The van der Waals surface area contributed by atoms with Gasteiger partial charge in [0, 0.05) is 13.0 Å². The Labute approximate surface area is 91.0 Å².